The van der Waals surface area contributed by atoms with E-state index in [-0.39, 0.29) is 23.0 Å². The second-order valence-electron chi connectivity index (χ2n) is 8.64. The first-order valence-corrected chi connectivity index (χ1v) is 14.4. The fourth-order valence-electron chi connectivity index (χ4n) is 3.82. The topological polar surface area (TPSA) is 96.0 Å². The van der Waals surface area contributed by atoms with Gasteiger partial charge in [0.15, 0.2) is 0 Å². The lowest BCUT2D eigenvalue weighted by atomic mass is 10.1. The van der Waals surface area contributed by atoms with Crippen molar-refractivity contribution in [2.24, 2.45) is 0 Å². The molecule has 202 valence electrons. The van der Waals surface area contributed by atoms with Crippen LogP contribution in [0.15, 0.2) is 88.2 Å². The molecule has 10 heteroatoms. The molecule has 1 unspecified atom stereocenters. The summed E-state index contributed by atoms with van der Waals surface area (Å²) < 4.78 is 34.7. The van der Waals surface area contributed by atoms with Gasteiger partial charge in [-0.25, -0.2) is 8.42 Å². The molecular weight excluding hydrogens is 570 g/mol. The molecule has 0 spiro atoms. The lowest BCUT2D eigenvalue weighted by molar-refractivity contribution is -0.139. The molecule has 0 fully saturated rings. The Morgan fingerprint density at radius 3 is 2.37 bits per heavy atom. The number of carbonyl (C=O) groups excluding carboxylic acids is 2. The van der Waals surface area contributed by atoms with Crippen LogP contribution in [-0.4, -0.2) is 51.4 Å². The number of anilines is 1. The van der Waals surface area contributed by atoms with Crippen molar-refractivity contribution in [3.8, 4) is 5.75 Å². The van der Waals surface area contributed by atoms with Crippen LogP contribution in [0.1, 0.15) is 25.8 Å². The number of methoxy groups -OCH3 is 1. The maximum Gasteiger partial charge on any atom is 0.264 e. The molecule has 3 rings (SSSR count). The Morgan fingerprint density at radius 2 is 1.71 bits per heavy atom. The number of hydrogen-bond donors (Lipinski definition) is 1. The van der Waals surface area contributed by atoms with E-state index in [9.17, 15) is 18.0 Å². The molecule has 0 heterocycles. The van der Waals surface area contributed by atoms with Crippen molar-refractivity contribution in [2.75, 3.05) is 24.5 Å². The zero-order chi connectivity index (χ0) is 27.7. The standard InChI is InChI=1S/C28H32BrN3O5S/c1-4-16-30-28(34)21(2)31(19-22-10-8-11-23(29)17-22)27(33)20-32(24-12-9-13-25(18-24)37-3)38(35,36)26-14-6-5-7-15-26/h5-15,17-18,21H,4,16,19-20H2,1-3H3,(H,30,34). The van der Waals surface area contributed by atoms with E-state index in [1.54, 1.807) is 49.4 Å². The summed E-state index contributed by atoms with van der Waals surface area (Å²) in [5.41, 5.74) is 1.06. The maximum absolute atomic E-state index is 13.9. The van der Waals surface area contributed by atoms with E-state index in [1.165, 1.54) is 24.1 Å². The number of sulfonamides is 1. The summed E-state index contributed by atoms with van der Waals surface area (Å²) in [7, 11) is -2.64. The number of rotatable bonds is 12. The van der Waals surface area contributed by atoms with E-state index in [1.807, 2.05) is 31.2 Å². The SMILES string of the molecule is CCCNC(=O)C(C)N(Cc1cccc(Br)c1)C(=O)CN(c1cccc(OC)c1)S(=O)(=O)c1ccccc1. The second-order valence-corrected chi connectivity index (χ2v) is 11.4. The Balaban J connectivity index is 2.03. The molecule has 0 radical (unpaired) electrons. The van der Waals surface area contributed by atoms with Crippen molar-refractivity contribution < 1.29 is 22.7 Å². The van der Waals surface area contributed by atoms with Crippen LogP contribution in [-0.2, 0) is 26.2 Å². The van der Waals surface area contributed by atoms with Crippen molar-refractivity contribution in [1.82, 2.24) is 10.2 Å². The highest BCUT2D eigenvalue weighted by molar-refractivity contribution is 9.10. The normalized spacial score (nSPS) is 11.9. The van der Waals surface area contributed by atoms with Gasteiger partial charge in [0.05, 0.1) is 17.7 Å². The van der Waals surface area contributed by atoms with Crippen molar-refractivity contribution in [3.05, 3.63) is 88.9 Å². The minimum absolute atomic E-state index is 0.0443. The van der Waals surface area contributed by atoms with Gasteiger partial charge in [0.2, 0.25) is 11.8 Å². The van der Waals surface area contributed by atoms with Crippen molar-refractivity contribution in [1.29, 1.82) is 0 Å². The minimum Gasteiger partial charge on any atom is -0.497 e. The zero-order valence-corrected chi connectivity index (χ0v) is 24.0. The number of carbonyl (C=O) groups is 2. The highest BCUT2D eigenvalue weighted by Gasteiger charge is 2.32. The Bertz CT molecular complexity index is 1350. The van der Waals surface area contributed by atoms with Crippen molar-refractivity contribution >= 4 is 43.5 Å². The molecule has 8 nitrogen and oxygen atoms in total. The number of amides is 2. The predicted molar refractivity (Wildman–Crippen MR) is 151 cm³/mol. The maximum atomic E-state index is 13.9. The molecule has 2 amide bonds. The molecular formula is C28H32BrN3O5S. The molecule has 0 saturated heterocycles. The van der Waals surface area contributed by atoms with Crippen LogP contribution in [0.2, 0.25) is 0 Å². The summed E-state index contributed by atoms with van der Waals surface area (Å²) in [5, 5.41) is 2.83. The Kier molecular flexibility index (Phi) is 10.3. The average Bonchev–Trinajstić information content (AvgIpc) is 2.93. The molecule has 0 aromatic heterocycles. The zero-order valence-electron chi connectivity index (χ0n) is 21.6. The largest absolute Gasteiger partial charge is 0.497 e. The molecule has 3 aromatic carbocycles. The van der Waals surface area contributed by atoms with E-state index in [0.717, 1.165) is 20.8 Å². The van der Waals surface area contributed by atoms with Crippen LogP contribution in [0.3, 0.4) is 0 Å². The third kappa shape index (κ3) is 7.35. The van der Waals surface area contributed by atoms with Gasteiger partial charge in [-0.2, -0.15) is 0 Å². The van der Waals surface area contributed by atoms with Crippen LogP contribution in [0.5, 0.6) is 5.75 Å². The molecule has 38 heavy (non-hydrogen) atoms. The van der Waals surface area contributed by atoms with Gasteiger partial charge in [0, 0.05) is 23.6 Å². The van der Waals surface area contributed by atoms with Crippen LogP contribution in [0, 0.1) is 0 Å². The van der Waals surface area contributed by atoms with Crippen LogP contribution >= 0.6 is 15.9 Å². The fourth-order valence-corrected chi connectivity index (χ4v) is 5.70. The molecule has 1 atom stereocenters. The molecule has 0 saturated carbocycles. The van der Waals surface area contributed by atoms with E-state index in [0.29, 0.717) is 12.3 Å². The van der Waals surface area contributed by atoms with Gasteiger partial charge in [-0.1, -0.05) is 59.3 Å². The summed E-state index contributed by atoms with van der Waals surface area (Å²) in [4.78, 5) is 28.2. The third-order valence-corrected chi connectivity index (χ3v) is 8.19. The summed E-state index contributed by atoms with van der Waals surface area (Å²) in [5.74, 6) is -0.387. The van der Waals surface area contributed by atoms with Crippen molar-refractivity contribution in [2.45, 2.75) is 37.8 Å². The van der Waals surface area contributed by atoms with Gasteiger partial charge < -0.3 is 15.0 Å². The van der Waals surface area contributed by atoms with Gasteiger partial charge in [-0.3, -0.25) is 13.9 Å². The molecule has 0 aliphatic heterocycles. The number of nitrogens with one attached hydrogen (secondary N) is 1. The number of hydrogen-bond acceptors (Lipinski definition) is 5. The highest BCUT2D eigenvalue weighted by atomic mass is 79.9. The number of nitrogens with zero attached hydrogens (tertiary/aromatic N) is 2. The van der Waals surface area contributed by atoms with Crippen LogP contribution in [0.25, 0.3) is 0 Å². The predicted octanol–water partition coefficient (Wildman–Crippen LogP) is 4.60. The van der Waals surface area contributed by atoms with E-state index >= 15 is 0 Å². The molecule has 0 aliphatic rings. The summed E-state index contributed by atoms with van der Waals surface area (Å²) in [6, 6.07) is 21.0. The Morgan fingerprint density at radius 1 is 1.00 bits per heavy atom. The van der Waals surface area contributed by atoms with Crippen LogP contribution in [0.4, 0.5) is 5.69 Å². The summed E-state index contributed by atoms with van der Waals surface area (Å²) in [6.45, 7) is 3.67. The van der Waals surface area contributed by atoms with Gasteiger partial charge in [-0.15, -0.1) is 0 Å². The minimum atomic E-state index is -4.13. The smallest absolute Gasteiger partial charge is 0.264 e. The number of halogens is 1. The lowest BCUT2D eigenvalue weighted by Gasteiger charge is -2.32. The lowest BCUT2D eigenvalue weighted by Crippen LogP contribution is -2.51. The molecule has 1 N–H and O–H groups in total. The Labute approximate surface area is 232 Å². The quantitative estimate of drug-likeness (QED) is 0.327. The summed E-state index contributed by atoms with van der Waals surface area (Å²) >= 11 is 3.44. The molecule has 0 aliphatic carbocycles. The number of ether oxygens (including phenoxy) is 1. The third-order valence-electron chi connectivity index (χ3n) is 5.91. The summed E-state index contributed by atoms with van der Waals surface area (Å²) in [6.07, 6.45) is 0.747. The monoisotopic (exact) mass is 601 g/mol. The average molecular weight is 603 g/mol. The van der Waals surface area contributed by atoms with E-state index < -0.39 is 28.5 Å². The van der Waals surface area contributed by atoms with E-state index in [4.69, 9.17) is 4.74 Å². The first-order valence-electron chi connectivity index (χ1n) is 12.2. The van der Waals surface area contributed by atoms with Crippen molar-refractivity contribution in [3.63, 3.8) is 0 Å². The number of benzene rings is 3. The van der Waals surface area contributed by atoms with Gasteiger partial charge >= 0.3 is 0 Å². The van der Waals surface area contributed by atoms with Gasteiger partial charge in [0.1, 0.15) is 18.3 Å². The van der Waals surface area contributed by atoms with Gasteiger partial charge in [0.25, 0.3) is 10.0 Å². The highest BCUT2D eigenvalue weighted by Crippen LogP contribution is 2.27. The Hall–Kier alpha value is -3.37. The van der Waals surface area contributed by atoms with E-state index in [2.05, 4.69) is 21.2 Å². The fraction of sp³-hybridized carbons (Fsp3) is 0.286. The molecule has 0 bridgehead atoms. The first kappa shape index (κ1) is 29.2. The van der Waals surface area contributed by atoms with Gasteiger partial charge in [-0.05, 0) is 55.3 Å². The molecule has 3 aromatic rings. The van der Waals surface area contributed by atoms with Crippen LogP contribution < -0.4 is 14.4 Å². The second kappa shape index (κ2) is 13.4. The first-order chi connectivity index (χ1) is 18.2.